The average Bonchev–Trinajstić information content (AvgIpc) is 3.08. The highest BCUT2D eigenvalue weighted by Gasteiger charge is 2.32. The van der Waals surface area contributed by atoms with Crippen LogP contribution >= 0.6 is 38.9 Å². The largest absolute Gasteiger partial charge is 0.414 e. The summed E-state index contributed by atoms with van der Waals surface area (Å²) in [7, 11) is -4.26. The fraction of sp³-hybridized carbons (Fsp3) is 0. The Morgan fingerprint density at radius 3 is 2.33 bits per heavy atom. The number of benzene rings is 3. The van der Waals surface area contributed by atoms with E-state index in [-0.39, 0.29) is 16.1 Å². The Labute approximate surface area is 188 Å². The molecule has 0 unspecified atom stereocenters. The number of anilines is 1. The van der Waals surface area contributed by atoms with Crippen molar-refractivity contribution in [2.75, 3.05) is 4.31 Å². The quantitative estimate of drug-likeness (QED) is 0.361. The first-order valence-electron chi connectivity index (χ1n) is 8.40. The molecular formula is C20H11BrClNO5S2. The molecule has 0 atom stereocenters. The highest BCUT2D eigenvalue weighted by molar-refractivity contribution is 9.10. The van der Waals surface area contributed by atoms with Crippen molar-refractivity contribution in [2.45, 2.75) is 4.90 Å². The second kappa shape index (κ2) is 7.99. The second-order valence-electron chi connectivity index (χ2n) is 6.12. The zero-order valence-electron chi connectivity index (χ0n) is 14.9. The number of fused-ring (bicyclic) bond motifs is 1. The van der Waals surface area contributed by atoms with E-state index in [4.69, 9.17) is 16.0 Å². The van der Waals surface area contributed by atoms with Crippen LogP contribution in [0.25, 0.3) is 10.3 Å². The van der Waals surface area contributed by atoms with Gasteiger partial charge >= 0.3 is 4.94 Å². The second-order valence-corrected chi connectivity index (χ2v) is 10.2. The van der Waals surface area contributed by atoms with Crippen LogP contribution in [0.5, 0.6) is 0 Å². The molecule has 0 bridgehead atoms. The molecule has 3 aromatic carbocycles. The molecule has 152 valence electrons. The maximum Gasteiger partial charge on any atom is 0.396 e. The predicted octanol–water partition coefficient (Wildman–Crippen LogP) is 5.31. The molecule has 0 aliphatic heterocycles. The summed E-state index contributed by atoms with van der Waals surface area (Å²) in [6.07, 6.45) is 0. The molecule has 4 rings (SSSR count). The summed E-state index contributed by atoms with van der Waals surface area (Å²) < 4.78 is 33.8. The molecule has 1 aromatic heterocycles. The normalized spacial score (nSPS) is 11.5. The van der Waals surface area contributed by atoms with Gasteiger partial charge in [0.25, 0.3) is 15.9 Å². The van der Waals surface area contributed by atoms with Crippen molar-refractivity contribution in [3.63, 3.8) is 0 Å². The molecule has 10 heteroatoms. The molecule has 0 radical (unpaired) electrons. The number of carbonyl (C=O) groups excluding carboxylic acids is 1. The zero-order chi connectivity index (χ0) is 21.5. The first-order chi connectivity index (χ1) is 14.3. The summed E-state index contributed by atoms with van der Waals surface area (Å²) in [6.45, 7) is 0. The summed E-state index contributed by atoms with van der Waals surface area (Å²) in [5.41, 5.74) is 0.539. The van der Waals surface area contributed by atoms with Gasteiger partial charge in [-0.1, -0.05) is 38.9 Å². The maximum atomic E-state index is 13.4. The molecule has 30 heavy (non-hydrogen) atoms. The number of amides is 1. The van der Waals surface area contributed by atoms with Gasteiger partial charge < -0.3 is 4.42 Å². The smallest absolute Gasteiger partial charge is 0.396 e. The number of nitrogens with zero attached hydrogens (tertiary/aromatic N) is 1. The minimum absolute atomic E-state index is 0.0616. The number of hydrogen-bond acceptors (Lipinski definition) is 6. The molecule has 0 aliphatic carbocycles. The minimum atomic E-state index is -4.26. The number of sulfonamides is 1. The SMILES string of the molecule is O=C(c1ccc(Cl)cc1)N(c1ccc2oc(=O)sc2c1)S(=O)(=O)c1ccc(Br)cc1. The minimum Gasteiger partial charge on any atom is -0.414 e. The summed E-state index contributed by atoms with van der Waals surface area (Å²) in [6, 6.07) is 16.2. The number of hydrogen-bond donors (Lipinski definition) is 0. The van der Waals surface area contributed by atoms with E-state index in [1.807, 2.05) is 0 Å². The Bertz CT molecular complexity index is 1410. The van der Waals surface area contributed by atoms with Crippen molar-refractivity contribution >= 4 is 70.8 Å². The number of rotatable bonds is 4. The predicted molar refractivity (Wildman–Crippen MR) is 120 cm³/mol. The Morgan fingerprint density at radius 2 is 1.67 bits per heavy atom. The molecule has 0 saturated heterocycles. The molecule has 0 fully saturated rings. The van der Waals surface area contributed by atoms with Gasteiger partial charge in [0.1, 0.15) is 5.58 Å². The van der Waals surface area contributed by atoms with E-state index >= 15 is 0 Å². The van der Waals surface area contributed by atoms with Crippen LogP contribution < -0.4 is 9.24 Å². The lowest BCUT2D eigenvalue weighted by Crippen LogP contribution is -2.37. The third kappa shape index (κ3) is 3.93. The van der Waals surface area contributed by atoms with Crippen LogP contribution in [0.2, 0.25) is 5.02 Å². The maximum absolute atomic E-state index is 13.4. The van der Waals surface area contributed by atoms with Gasteiger partial charge in [0.05, 0.1) is 15.3 Å². The van der Waals surface area contributed by atoms with Gasteiger partial charge in [-0.25, -0.2) is 13.2 Å². The van der Waals surface area contributed by atoms with Crippen LogP contribution in [0.15, 0.2) is 85.3 Å². The van der Waals surface area contributed by atoms with Crippen LogP contribution in [-0.2, 0) is 10.0 Å². The highest BCUT2D eigenvalue weighted by atomic mass is 79.9. The Balaban J connectivity index is 1.91. The molecule has 4 aromatic rings. The van der Waals surface area contributed by atoms with Crippen molar-refractivity contribution < 1.29 is 17.6 Å². The van der Waals surface area contributed by atoms with Crippen LogP contribution in [0.3, 0.4) is 0 Å². The van der Waals surface area contributed by atoms with Crippen LogP contribution in [0.4, 0.5) is 5.69 Å². The lowest BCUT2D eigenvalue weighted by Gasteiger charge is -2.23. The molecule has 1 heterocycles. The van der Waals surface area contributed by atoms with Crippen molar-refractivity contribution in [1.82, 2.24) is 0 Å². The van der Waals surface area contributed by atoms with Crippen molar-refractivity contribution in [3.8, 4) is 0 Å². The average molecular weight is 525 g/mol. The van der Waals surface area contributed by atoms with Gasteiger partial charge in [-0.2, -0.15) is 4.31 Å². The lowest BCUT2D eigenvalue weighted by molar-refractivity contribution is 0.101. The standard InChI is InChI=1S/C20H11BrClNO5S2/c21-13-3-8-16(9-4-13)30(26,27)23(19(24)12-1-5-14(22)6-2-12)15-7-10-17-18(11-15)29-20(25)28-17/h1-11H. The monoisotopic (exact) mass is 523 g/mol. The molecule has 6 nitrogen and oxygen atoms in total. The summed E-state index contributed by atoms with van der Waals surface area (Å²) >= 11 is 9.99. The summed E-state index contributed by atoms with van der Waals surface area (Å²) in [5.74, 6) is -0.759. The van der Waals surface area contributed by atoms with Crippen molar-refractivity contribution in [1.29, 1.82) is 0 Å². The Morgan fingerprint density at radius 1 is 1.00 bits per heavy atom. The molecule has 0 N–H and O–H groups in total. The summed E-state index contributed by atoms with van der Waals surface area (Å²) in [4.78, 5) is 24.3. The van der Waals surface area contributed by atoms with E-state index in [9.17, 15) is 18.0 Å². The molecule has 0 aliphatic rings. The number of halogens is 2. The van der Waals surface area contributed by atoms with E-state index in [2.05, 4.69) is 15.9 Å². The van der Waals surface area contributed by atoms with Crippen molar-refractivity contribution in [3.05, 3.63) is 91.5 Å². The van der Waals surface area contributed by atoms with Crippen LogP contribution in [-0.4, -0.2) is 14.3 Å². The fourth-order valence-electron chi connectivity index (χ4n) is 2.77. The van der Waals surface area contributed by atoms with Gasteiger partial charge in [-0.05, 0) is 66.7 Å². The van der Waals surface area contributed by atoms with Crippen LogP contribution in [0, 0.1) is 0 Å². The zero-order valence-corrected chi connectivity index (χ0v) is 18.9. The van der Waals surface area contributed by atoms with Crippen LogP contribution in [0.1, 0.15) is 10.4 Å². The first kappa shape index (κ1) is 20.8. The van der Waals surface area contributed by atoms with Gasteiger partial charge in [0, 0.05) is 15.1 Å². The third-order valence-electron chi connectivity index (χ3n) is 4.18. The molecule has 0 saturated carbocycles. The first-order valence-corrected chi connectivity index (χ1v) is 11.8. The van der Waals surface area contributed by atoms with Gasteiger partial charge in [-0.3, -0.25) is 4.79 Å². The molecule has 0 spiro atoms. The van der Waals surface area contributed by atoms with Gasteiger partial charge in [-0.15, -0.1) is 0 Å². The van der Waals surface area contributed by atoms with Crippen molar-refractivity contribution in [2.24, 2.45) is 0 Å². The highest BCUT2D eigenvalue weighted by Crippen LogP contribution is 2.30. The number of carbonyl (C=O) groups is 1. The van der Waals surface area contributed by atoms with E-state index < -0.39 is 20.9 Å². The van der Waals surface area contributed by atoms with E-state index in [1.54, 1.807) is 12.1 Å². The fourth-order valence-corrected chi connectivity index (χ4v) is 5.27. The third-order valence-corrected chi connectivity index (χ3v) is 7.47. The topological polar surface area (TPSA) is 84.7 Å². The van der Waals surface area contributed by atoms with Gasteiger partial charge in [0.2, 0.25) is 0 Å². The summed E-state index contributed by atoms with van der Waals surface area (Å²) in [5, 5.41) is 0.415. The Kier molecular flexibility index (Phi) is 5.54. The lowest BCUT2D eigenvalue weighted by atomic mass is 10.2. The van der Waals surface area contributed by atoms with Gasteiger partial charge in [0.15, 0.2) is 0 Å². The molecule has 1 amide bonds. The van der Waals surface area contributed by atoms with E-state index in [0.29, 0.717) is 24.1 Å². The van der Waals surface area contributed by atoms with E-state index in [0.717, 1.165) is 11.3 Å². The van der Waals surface area contributed by atoms with E-state index in [1.165, 1.54) is 54.6 Å². The molecular weight excluding hydrogens is 514 g/mol. The Hall–Kier alpha value is -2.46.